The van der Waals surface area contributed by atoms with Gasteiger partial charge in [-0.15, -0.1) is 0 Å². The fraction of sp³-hybridized carbons (Fsp3) is 0.375. The first-order valence-corrected chi connectivity index (χ1v) is 6.93. The van der Waals surface area contributed by atoms with Gasteiger partial charge in [0.25, 0.3) is 0 Å². The Kier molecular flexibility index (Phi) is 5.55. The maximum Gasteiger partial charge on any atom is 0.310 e. The van der Waals surface area contributed by atoms with Crippen LogP contribution in [-0.2, 0) is 30.2 Å². The third-order valence-corrected chi connectivity index (χ3v) is 3.14. The summed E-state index contributed by atoms with van der Waals surface area (Å²) in [6.07, 6.45) is 0.258. The summed E-state index contributed by atoms with van der Waals surface area (Å²) in [6.45, 7) is 1.14. The second-order valence-corrected chi connectivity index (χ2v) is 4.91. The molecule has 0 unspecified atom stereocenters. The summed E-state index contributed by atoms with van der Waals surface area (Å²) in [5, 5.41) is 10.0. The molecule has 0 radical (unpaired) electrons. The molecule has 1 N–H and O–H groups in total. The van der Waals surface area contributed by atoms with Crippen LogP contribution in [0, 0.1) is 0 Å². The van der Waals surface area contributed by atoms with Gasteiger partial charge >= 0.3 is 11.9 Å². The first-order valence-electron chi connectivity index (χ1n) is 6.93. The highest BCUT2D eigenvalue weighted by molar-refractivity contribution is 5.72. The van der Waals surface area contributed by atoms with Gasteiger partial charge in [-0.2, -0.15) is 0 Å². The summed E-state index contributed by atoms with van der Waals surface area (Å²) in [6, 6.07) is 9.19. The van der Waals surface area contributed by atoms with Crippen LogP contribution < -0.4 is 0 Å². The van der Waals surface area contributed by atoms with Crippen LogP contribution >= 0.6 is 0 Å². The molecule has 0 saturated heterocycles. The van der Waals surface area contributed by atoms with E-state index in [2.05, 4.69) is 0 Å². The SMILES string of the molecule is CC(=O)O[C@@H]1C=CO[C@H](COC(=O)Cc2ccccc2)[C@H]1O. The molecule has 1 aromatic rings. The highest BCUT2D eigenvalue weighted by Gasteiger charge is 2.33. The lowest BCUT2D eigenvalue weighted by Crippen LogP contribution is -2.45. The lowest BCUT2D eigenvalue weighted by Gasteiger charge is -2.30. The lowest BCUT2D eigenvalue weighted by molar-refractivity contribution is -0.163. The molecule has 0 aromatic heterocycles. The van der Waals surface area contributed by atoms with Gasteiger partial charge in [0.1, 0.15) is 12.7 Å². The molecule has 0 bridgehead atoms. The summed E-state index contributed by atoms with van der Waals surface area (Å²) in [7, 11) is 0. The predicted octanol–water partition coefficient (Wildman–Crippen LogP) is 0.977. The summed E-state index contributed by atoms with van der Waals surface area (Å²) < 4.78 is 15.3. The second kappa shape index (κ2) is 7.61. The third kappa shape index (κ3) is 4.60. The third-order valence-electron chi connectivity index (χ3n) is 3.14. The van der Waals surface area contributed by atoms with Crippen molar-refractivity contribution in [2.45, 2.75) is 31.7 Å². The van der Waals surface area contributed by atoms with Crippen LogP contribution in [0.4, 0.5) is 0 Å². The fourth-order valence-electron chi connectivity index (χ4n) is 2.06. The lowest BCUT2D eigenvalue weighted by atomic mass is 10.1. The van der Waals surface area contributed by atoms with Crippen LogP contribution in [-0.4, -0.2) is 42.0 Å². The van der Waals surface area contributed by atoms with Gasteiger partial charge in [0.05, 0.1) is 12.7 Å². The number of carbonyl (C=O) groups is 2. The minimum absolute atomic E-state index is 0.116. The van der Waals surface area contributed by atoms with Crippen molar-refractivity contribution in [3.8, 4) is 0 Å². The second-order valence-electron chi connectivity index (χ2n) is 4.91. The van der Waals surface area contributed by atoms with Crippen molar-refractivity contribution in [2.24, 2.45) is 0 Å². The van der Waals surface area contributed by atoms with Crippen molar-refractivity contribution in [2.75, 3.05) is 6.61 Å². The van der Waals surface area contributed by atoms with Gasteiger partial charge in [-0.05, 0) is 11.6 Å². The number of aliphatic hydroxyl groups excluding tert-OH is 1. The Balaban J connectivity index is 1.82. The number of hydrogen-bond donors (Lipinski definition) is 1. The first kappa shape index (κ1) is 16.0. The molecule has 6 nitrogen and oxygen atoms in total. The van der Waals surface area contributed by atoms with Gasteiger partial charge in [-0.25, -0.2) is 0 Å². The Morgan fingerprint density at radius 3 is 2.68 bits per heavy atom. The standard InChI is InChI=1S/C16H18O6/c1-11(17)22-13-7-8-20-14(16(13)19)10-21-15(18)9-12-5-3-2-4-6-12/h2-8,13-14,16,19H,9-10H2,1H3/t13-,14-,16+/m1/s1. The Hall–Kier alpha value is -2.34. The molecule has 3 atom stereocenters. The first-order chi connectivity index (χ1) is 10.6. The molecule has 1 aromatic carbocycles. The van der Waals surface area contributed by atoms with E-state index in [4.69, 9.17) is 14.2 Å². The largest absolute Gasteiger partial charge is 0.492 e. The smallest absolute Gasteiger partial charge is 0.310 e. The van der Waals surface area contributed by atoms with Crippen LogP contribution in [0.15, 0.2) is 42.7 Å². The molecule has 22 heavy (non-hydrogen) atoms. The normalized spacial score (nSPS) is 23.5. The number of esters is 2. The summed E-state index contributed by atoms with van der Waals surface area (Å²) >= 11 is 0. The molecule has 0 spiro atoms. The van der Waals surface area contributed by atoms with Crippen molar-refractivity contribution < 1.29 is 28.9 Å². The Morgan fingerprint density at radius 1 is 1.27 bits per heavy atom. The summed E-state index contributed by atoms with van der Waals surface area (Å²) in [4.78, 5) is 22.7. The van der Waals surface area contributed by atoms with Gasteiger partial charge in [0.2, 0.25) is 0 Å². The van der Waals surface area contributed by atoms with Gasteiger partial charge in [-0.3, -0.25) is 9.59 Å². The average molecular weight is 306 g/mol. The number of ether oxygens (including phenoxy) is 3. The molecule has 0 aliphatic carbocycles. The number of rotatable bonds is 5. The molecule has 2 rings (SSSR count). The van der Waals surface area contributed by atoms with Crippen molar-refractivity contribution >= 4 is 11.9 Å². The fourth-order valence-corrected chi connectivity index (χ4v) is 2.06. The van der Waals surface area contributed by atoms with E-state index in [1.807, 2.05) is 30.3 Å². The number of carbonyl (C=O) groups excluding carboxylic acids is 2. The van der Waals surface area contributed by atoms with E-state index < -0.39 is 30.3 Å². The van der Waals surface area contributed by atoms with Crippen molar-refractivity contribution in [3.05, 3.63) is 48.2 Å². The maximum atomic E-state index is 11.8. The Bertz CT molecular complexity index is 539. The highest BCUT2D eigenvalue weighted by Crippen LogP contribution is 2.16. The van der Waals surface area contributed by atoms with Crippen molar-refractivity contribution in [1.82, 2.24) is 0 Å². The minimum atomic E-state index is -1.08. The molecular formula is C16H18O6. The van der Waals surface area contributed by atoms with Crippen LogP contribution in [0.1, 0.15) is 12.5 Å². The predicted molar refractivity (Wildman–Crippen MR) is 76.7 cm³/mol. The van der Waals surface area contributed by atoms with Gasteiger partial charge in [0, 0.05) is 6.92 Å². The number of aliphatic hydroxyl groups is 1. The van der Waals surface area contributed by atoms with E-state index in [1.165, 1.54) is 19.3 Å². The van der Waals surface area contributed by atoms with E-state index in [0.29, 0.717) is 0 Å². The van der Waals surface area contributed by atoms with E-state index in [1.54, 1.807) is 0 Å². The van der Waals surface area contributed by atoms with Crippen LogP contribution in [0.3, 0.4) is 0 Å². The van der Waals surface area contributed by atoms with Crippen molar-refractivity contribution in [3.63, 3.8) is 0 Å². The molecule has 1 aliphatic heterocycles. The monoisotopic (exact) mass is 306 g/mol. The number of benzene rings is 1. The molecular weight excluding hydrogens is 288 g/mol. The molecule has 118 valence electrons. The Labute approximate surface area is 128 Å². The van der Waals surface area contributed by atoms with Gasteiger partial charge in [-0.1, -0.05) is 30.3 Å². The van der Waals surface area contributed by atoms with E-state index >= 15 is 0 Å². The highest BCUT2D eigenvalue weighted by atomic mass is 16.6. The minimum Gasteiger partial charge on any atom is -0.492 e. The van der Waals surface area contributed by atoms with Gasteiger partial charge in [0.15, 0.2) is 12.2 Å². The molecule has 0 amide bonds. The molecule has 1 aliphatic rings. The molecule has 0 saturated carbocycles. The molecule has 1 heterocycles. The zero-order chi connectivity index (χ0) is 15.9. The van der Waals surface area contributed by atoms with E-state index in [9.17, 15) is 14.7 Å². The summed E-state index contributed by atoms with van der Waals surface area (Å²) in [5.74, 6) is -0.920. The van der Waals surface area contributed by atoms with Crippen LogP contribution in [0.5, 0.6) is 0 Å². The van der Waals surface area contributed by atoms with Crippen LogP contribution in [0.25, 0.3) is 0 Å². The Morgan fingerprint density at radius 2 is 2.00 bits per heavy atom. The quantitative estimate of drug-likeness (QED) is 0.817. The maximum absolute atomic E-state index is 11.8. The summed E-state index contributed by atoms with van der Waals surface area (Å²) in [5.41, 5.74) is 0.843. The topological polar surface area (TPSA) is 82.1 Å². The molecule has 0 fully saturated rings. The molecule has 6 heteroatoms. The van der Waals surface area contributed by atoms with Crippen molar-refractivity contribution in [1.29, 1.82) is 0 Å². The van der Waals surface area contributed by atoms with Crippen LogP contribution in [0.2, 0.25) is 0 Å². The van der Waals surface area contributed by atoms with E-state index in [-0.39, 0.29) is 13.0 Å². The number of hydrogen-bond acceptors (Lipinski definition) is 6. The van der Waals surface area contributed by atoms with E-state index in [0.717, 1.165) is 5.56 Å². The average Bonchev–Trinajstić information content (AvgIpc) is 2.49. The van der Waals surface area contributed by atoms with Gasteiger partial charge < -0.3 is 19.3 Å². The zero-order valence-corrected chi connectivity index (χ0v) is 12.2. The zero-order valence-electron chi connectivity index (χ0n) is 12.2.